The number of benzene rings is 3. The lowest BCUT2D eigenvalue weighted by molar-refractivity contribution is 0.136. The fourth-order valence-corrected chi connectivity index (χ4v) is 4.03. The van der Waals surface area contributed by atoms with Gasteiger partial charge in [-0.05, 0) is 41.2 Å². The Morgan fingerprint density at radius 2 is 1.55 bits per heavy atom. The van der Waals surface area contributed by atoms with Gasteiger partial charge in [0.1, 0.15) is 6.61 Å². The average molecular weight is 387 g/mol. The van der Waals surface area contributed by atoms with Crippen molar-refractivity contribution in [2.75, 3.05) is 13.2 Å². The van der Waals surface area contributed by atoms with Gasteiger partial charge in [0, 0.05) is 12.5 Å². The van der Waals surface area contributed by atoms with Crippen molar-refractivity contribution in [3.8, 4) is 11.1 Å². The van der Waals surface area contributed by atoms with Crippen LogP contribution >= 0.6 is 0 Å². The molecular formula is C25H25NO3. The fraction of sp³-hybridized carbons (Fsp3) is 0.240. The van der Waals surface area contributed by atoms with E-state index in [1.165, 1.54) is 22.3 Å². The van der Waals surface area contributed by atoms with Crippen molar-refractivity contribution in [3.05, 3.63) is 95.1 Å². The van der Waals surface area contributed by atoms with Gasteiger partial charge < -0.3 is 15.2 Å². The number of alkyl carbamates (subject to hydrolysis) is 1. The second-order valence-corrected chi connectivity index (χ2v) is 7.45. The summed E-state index contributed by atoms with van der Waals surface area (Å²) in [6.07, 6.45) is -0.0290. The number of aryl methyl sites for hydroxylation is 1. The van der Waals surface area contributed by atoms with E-state index in [1.807, 2.05) is 55.5 Å². The van der Waals surface area contributed by atoms with E-state index >= 15 is 0 Å². The minimum Gasteiger partial charge on any atom is -0.449 e. The highest BCUT2D eigenvalue weighted by Gasteiger charge is 2.29. The van der Waals surface area contributed by atoms with Gasteiger partial charge in [0.05, 0.1) is 6.04 Å². The highest BCUT2D eigenvalue weighted by atomic mass is 16.5. The van der Waals surface area contributed by atoms with Crippen LogP contribution in [-0.4, -0.2) is 24.4 Å². The molecule has 0 spiro atoms. The van der Waals surface area contributed by atoms with Crippen LogP contribution in [0.25, 0.3) is 11.1 Å². The molecule has 29 heavy (non-hydrogen) atoms. The van der Waals surface area contributed by atoms with Gasteiger partial charge in [0.25, 0.3) is 0 Å². The van der Waals surface area contributed by atoms with E-state index in [-0.39, 0.29) is 25.2 Å². The van der Waals surface area contributed by atoms with Gasteiger partial charge in [0.2, 0.25) is 0 Å². The minimum absolute atomic E-state index is 0.0117. The maximum Gasteiger partial charge on any atom is 0.407 e. The quantitative estimate of drug-likeness (QED) is 0.629. The average Bonchev–Trinajstić information content (AvgIpc) is 3.06. The smallest absolute Gasteiger partial charge is 0.407 e. The van der Waals surface area contributed by atoms with Gasteiger partial charge in [-0.15, -0.1) is 0 Å². The van der Waals surface area contributed by atoms with Crippen molar-refractivity contribution in [1.82, 2.24) is 5.32 Å². The van der Waals surface area contributed by atoms with Crippen LogP contribution in [0, 0.1) is 6.92 Å². The third-order valence-electron chi connectivity index (χ3n) is 5.53. The zero-order valence-electron chi connectivity index (χ0n) is 16.5. The molecule has 3 aromatic rings. The van der Waals surface area contributed by atoms with Crippen LogP contribution in [0.5, 0.6) is 0 Å². The summed E-state index contributed by atoms with van der Waals surface area (Å²) in [5, 5.41) is 12.3. The molecule has 4 nitrogen and oxygen atoms in total. The molecule has 2 N–H and O–H groups in total. The number of hydrogen-bond donors (Lipinski definition) is 2. The Labute approximate surface area is 171 Å². The molecule has 1 aliphatic rings. The maximum atomic E-state index is 12.5. The van der Waals surface area contributed by atoms with Gasteiger partial charge >= 0.3 is 6.09 Å². The van der Waals surface area contributed by atoms with Crippen LogP contribution in [0.3, 0.4) is 0 Å². The molecule has 0 saturated heterocycles. The Kier molecular flexibility index (Phi) is 5.63. The molecule has 0 radical (unpaired) electrons. The first kappa shape index (κ1) is 19.2. The monoisotopic (exact) mass is 387 g/mol. The Morgan fingerprint density at radius 1 is 0.966 bits per heavy atom. The molecule has 1 atom stereocenters. The molecule has 1 aliphatic carbocycles. The zero-order valence-corrected chi connectivity index (χ0v) is 16.5. The highest BCUT2D eigenvalue weighted by Crippen LogP contribution is 2.44. The second-order valence-electron chi connectivity index (χ2n) is 7.45. The third kappa shape index (κ3) is 4.03. The van der Waals surface area contributed by atoms with Gasteiger partial charge in [-0.1, -0.05) is 78.4 Å². The van der Waals surface area contributed by atoms with Crippen molar-refractivity contribution in [3.63, 3.8) is 0 Å². The molecule has 0 fully saturated rings. The van der Waals surface area contributed by atoms with E-state index in [9.17, 15) is 9.90 Å². The van der Waals surface area contributed by atoms with E-state index < -0.39 is 6.09 Å². The summed E-state index contributed by atoms with van der Waals surface area (Å²) in [5.74, 6) is 0.0313. The maximum absolute atomic E-state index is 12.5. The predicted octanol–water partition coefficient (Wildman–Crippen LogP) is 4.96. The van der Waals surface area contributed by atoms with E-state index in [0.717, 1.165) is 11.1 Å². The Morgan fingerprint density at radius 3 is 2.14 bits per heavy atom. The summed E-state index contributed by atoms with van der Waals surface area (Å²) in [5.41, 5.74) is 6.89. The molecule has 0 heterocycles. The number of amides is 1. The molecule has 0 saturated carbocycles. The Bertz CT molecular complexity index is 951. The standard InChI is InChI=1S/C25H25NO3/c1-17-10-12-18(13-11-17)24(14-15-27)26-25(28)29-16-23-21-8-4-2-6-19(21)20-7-3-5-9-22(20)23/h2-13,23-24,27H,14-16H2,1H3,(H,26,28). The van der Waals surface area contributed by atoms with Gasteiger partial charge in [-0.2, -0.15) is 0 Å². The summed E-state index contributed by atoms with van der Waals surface area (Å²) in [6, 6.07) is 24.2. The van der Waals surface area contributed by atoms with Crippen molar-refractivity contribution in [2.24, 2.45) is 0 Å². The summed E-state index contributed by atoms with van der Waals surface area (Å²) in [6.45, 7) is 2.28. The van der Waals surface area contributed by atoms with Crippen LogP contribution in [0.1, 0.15) is 40.6 Å². The summed E-state index contributed by atoms with van der Waals surface area (Å²) in [4.78, 5) is 12.5. The first-order valence-corrected chi connectivity index (χ1v) is 9.96. The molecule has 4 rings (SSSR count). The predicted molar refractivity (Wildman–Crippen MR) is 114 cm³/mol. The van der Waals surface area contributed by atoms with Gasteiger partial charge in [0.15, 0.2) is 0 Å². The zero-order chi connectivity index (χ0) is 20.2. The van der Waals surface area contributed by atoms with Gasteiger partial charge in [-0.25, -0.2) is 4.79 Å². The molecule has 0 bridgehead atoms. The molecule has 0 aliphatic heterocycles. The van der Waals surface area contributed by atoms with Crippen molar-refractivity contribution >= 4 is 6.09 Å². The van der Waals surface area contributed by atoms with Crippen LogP contribution in [-0.2, 0) is 4.74 Å². The normalized spacial score (nSPS) is 13.4. The lowest BCUT2D eigenvalue weighted by atomic mass is 9.98. The second kappa shape index (κ2) is 8.50. The first-order chi connectivity index (χ1) is 14.2. The van der Waals surface area contributed by atoms with Crippen LogP contribution in [0.15, 0.2) is 72.8 Å². The van der Waals surface area contributed by atoms with E-state index in [1.54, 1.807) is 0 Å². The SMILES string of the molecule is Cc1ccc(C(CCO)NC(=O)OCC2c3ccccc3-c3ccccc32)cc1. The first-order valence-electron chi connectivity index (χ1n) is 9.96. The number of nitrogens with one attached hydrogen (secondary N) is 1. The van der Waals surface area contributed by atoms with Crippen molar-refractivity contribution in [2.45, 2.75) is 25.3 Å². The van der Waals surface area contributed by atoms with E-state index in [0.29, 0.717) is 6.42 Å². The molecule has 1 unspecified atom stereocenters. The van der Waals surface area contributed by atoms with Crippen LogP contribution < -0.4 is 5.32 Å². The summed E-state index contributed by atoms with van der Waals surface area (Å²) in [7, 11) is 0. The number of carbonyl (C=O) groups is 1. The lowest BCUT2D eigenvalue weighted by Gasteiger charge is -2.20. The highest BCUT2D eigenvalue weighted by molar-refractivity contribution is 5.79. The molecule has 3 aromatic carbocycles. The number of carbonyl (C=O) groups excluding carboxylic acids is 1. The van der Waals surface area contributed by atoms with E-state index in [4.69, 9.17) is 4.74 Å². The molecule has 148 valence electrons. The number of aliphatic hydroxyl groups excluding tert-OH is 1. The topological polar surface area (TPSA) is 58.6 Å². The fourth-order valence-electron chi connectivity index (χ4n) is 4.03. The third-order valence-corrected chi connectivity index (χ3v) is 5.53. The van der Waals surface area contributed by atoms with Crippen LogP contribution in [0.4, 0.5) is 4.79 Å². The molecular weight excluding hydrogens is 362 g/mol. The van der Waals surface area contributed by atoms with Crippen molar-refractivity contribution in [1.29, 1.82) is 0 Å². The number of aliphatic hydroxyl groups is 1. The Balaban J connectivity index is 1.46. The number of hydrogen-bond acceptors (Lipinski definition) is 3. The molecule has 1 amide bonds. The van der Waals surface area contributed by atoms with Crippen LogP contribution in [0.2, 0.25) is 0 Å². The summed E-state index contributed by atoms with van der Waals surface area (Å²) < 4.78 is 5.63. The number of ether oxygens (including phenoxy) is 1. The van der Waals surface area contributed by atoms with Crippen molar-refractivity contribution < 1.29 is 14.6 Å². The molecule has 4 heteroatoms. The number of rotatable bonds is 6. The summed E-state index contributed by atoms with van der Waals surface area (Å²) >= 11 is 0. The lowest BCUT2D eigenvalue weighted by Crippen LogP contribution is -2.31. The number of fused-ring (bicyclic) bond motifs is 3. The molecule has 0 aromatic heterocycles. The largest absolute Gasteiger partial charge is 0.449 e. The Hall–Kier alpha value is -3.11. The van der Waals surface area contributed by atoms with Gasteiger partial charge in [-0.3, -0.25) is 0 Å². The minimum atomic E-state index is -0.467. The van der Waals surface area contributed by atoms with E-state index in [2.05, 4.69) is 29.6 Å².